The molecule has 2 aliphatic heterocycles. The van der Waals surface area contributed by atoms with Crippen LogP contribution < -0.4 is 9.64 Å². The Morgan fingerprint density at radius 3 is 2.77 bits per heavy atom. The topological polar surface area (TPSA) is 92.2 Å². The molecule has 2 aliphatic rings. The van der Waals surface area contributed by atoms with Crippen LogP contribution in [0.3, 0.4) is 0 Å². The number of ether oxygens (including phenoxy) is 2. The molecular weight excluding hydrogens is 398 g/mol. The maximum Gasteiger partial charge on any atom is 0.295 e. The molecule has 4 rings (SSSR count). The number of likely N-dealkylation sites (N-methyl/N-ethyl adjacent to an activating group) is 1. The van der Waals surface area contributed by atoms with Gasteiger partial charge in [0.05, 0.1) is 23.8 Å². The standard InChI is InChI=1S/C23H25N3O5/c1-25-11-13-31-18-5-4-16(14-17(18)25)21(27)19-20(15-6-8-24-9-7-15)26(10-3-12-30-2)23(29)22(19)28/h4-9,14,20,27H,3,10-13H2,1-2H3/b21-19-. The molecule has 1 amide bonds. The first-order valence-electron chi connectivity index (χ1n) is 10.2. The predicted octanol–water partition coefficient (Wildman–Crippen LogP) is 2.37. The van der Waals surface area contributed by atoms with Crippen molar-refractivity contribution in [1.29, 1.82) is 0 Å². The number of nitrogens with zero attached hydrogens (tertiary/aromatic N) is 3. The van der Waals surface area contributed by atoms with Crippen LogP contribution in [0.25, 0.3) is 5.76 Å². The summed E-state index contributed by atoms with van der Waals surface area (Å²) in [4.78, 5) is 33.4. The monoisotopic (exact) mass is 423 g/mol. The molecule has 0 saturated carbocycles. The van der Waals surface area contributed by atoms with Gasteiger partial charge in [-0.15, -0.1) is 0 Å². The first-order valence-corrected chi connectivity index (χ1v) is 10.2. The Hall–Kier alpha value is -3.39. The zero-order valence-electron chi connectivity index (χ0n) is 17.6. The van der Waals surface area contributed by atoms with Crippen molar-refractivity contribution in [3.63, 3.8) is 0 Å². The van der Waals surface area contributed by atoms with Gasteiger partial charge in [0.1, 0.15) is 18.1 Å². The van der Waals surface area contributed by atoms with Crippen molar-refractivity contribution in [2.45, 2.75) is 12.5 Å². The fourth-order valence-corrected chi connectivity index (χ4v) is 4.04. The van der Waals surface area contributed by atoms with Crippen LogP contribution in [-0.4, -0.2) is 67.1 Å². The smallest absolute Gasteiger partial charge is 0.295 e. The number of aliphatic hydroxyl groups excluding tert-OH is 1. The number of aromatic nitrogens is 1. The quantitative estimate of drug-likeness (QED) is 0.330. The number of anilines is 1. The summed E-state index contributed by atoms with van der Waals surface area (Å²) in [6, 6.07) is 8.07. The van der Waals surface area contributed by atoms with E-state index in [1.165, 1.54) is 4.90 Å². The molecule has 31 heavy (non-hydrogen) atoms. The molecule has 8 heteroatoms. The minimum Gasteiger partial charge on any atom is -0.507 e. The fourth-order valence-electron chi connectivity index (χ4n) is 4.04. The summed E-state index contributed by atoms with van der Waals surface area (Å²) < 4.78 is 10.8. The van der Waals surface area contributed by atoms with Crippen LogP contribution in [0.5, 0.6) is 5.75 Å². The number of hydrogen-bond donors (Lipinski definition) is 1. The highest BCUT2D eigenvalue weighted by Gasteiger charge is 2.45. The number of benzene rings is 1. The summed E-state index contributed by atoms with van der Waals surface area (Å²) in [5.74, 6) is -0.802. The van der Waals surface area contributed by atoms with Crippen LogP contribution in [0, 0.1) is 0 Å². The number of methoxy groups -OCH3 is 1. The van der Waals surface area contributed by atoms with Crippen LogP contribution in [0.15, 0.2) is 48.3 Å². The number of fused-ring (bicyclic) bond motifs is 1. The molecule has 3 heterocycles. The summed E-state index contributed by atoms with van der Waals surface area (Å²) >= 11 is 0. The van der Waals surface area contributed by atoms with Crippen LogP contribution >= 0.6 is 0 Å². The lowest BCUT2D eigenvalue weighted by molar-refractivity contribution is -0.140. The minimum absolute atomic E-state index is 0.0768. The molecule has 1 N–H and O–H groups in total. The van der Waals surface area contributed by atoms with Crippen LogP contribution in [0.4, 0.5) is 5.69 Å². The first-order chi connectivity index (χ1) is 15.0. The highest BCUT2D eigenvalue weighted by molar-refractivity contribution is 6.46. The second kappa shape index (κ2) is 8.77. The van der Waals surface area contributed by atoms with Gasteiger partial charge in [-0.2, -0.15) is 0 Å². The second-order valence-electron chi connectivity index (χ2n) is 7.57. The Morgan fingerprint density at radius 1 is 1.26 bits per heavy atom. The highest BCUT2D eigenvalue weighted by Crippen LogP contribution is 2.41. The Bertz CT molecular complexity index is 1020. The van der Waals surface area contributed by atoms with Gasteiger partial charge in [0, 0.05) is 45.3 Å². The molecule has 1 aromatic carbocycles. The van der Waals surface area contributed by atoms with E-state index in [1.54, 1.807) is 49.8 Å². The van der Waals surface area contributed by atoms with Gasteiger partial charge in [-0.25, -0.2) is 0 Å². The SMILES string of the molecule is COCCCN1C(=O)C(=O)/C(=C(\O)c2ccc3c(c2)N(C)CCO3)C1c1ccncc1. The number of pyridine rings is 1. The van der Waals surface area contributed by atoms with E-state index in [-0.39, 0.29) is 11.3 Å². The summed E-state index contributed by atoms with van der Waals surface area (Å²) in [7, 11) is 3.53. The van der Waals surface area contributed by atoms with Crippen LogP contribution in [-0.2, 0) is 14.3 Å². The van der Waals surface area contributed by atoms with E-state index >= 15 is 0 Å². The third-order valence-corrected chi connectivity index (χ3v) is 5.64. The van der Waals surface area contributed by atoms with Crippen molar-refractivity contribution < 1.29 is 24.2 Å². The van der Waals surface area contributed by atoms with Crippen molar-refractivity contribution in [2.24, 2.45) is 0 Å². The van der Waals surface area contributed by atoms with Crippen molar-refractivity contribution in [2.75, 3.05) is 45.4 Å². The molecule has 1 unspecified atom stereocenters. The van der Waals surface area contributed by atoms with E-state index < -0.39 is 17.7 Å². The first kappa shape index (κ1) is 20.9. The van der Waals surface area contributed by atoms with Crippen molar-refractivity contribution in [1.82, 2.24) is 9.88 Å². The summed E-state index contributed by atoms with van der Waals surface area (Å²) in [6.07, 6.45) is 3.79. The Kier molecular flexibility index (Phi) is 5.90. The lowest BCUT2D eigenvalue weighted by atomic mass is 9.95. The number of hydrogen-bond acceptors (Lipinski definition) is 7. The Morgan fingerprint density at radius 2 is 2.03 bits per heavy atom. The van der Waals surface area contributed by atoms with E-state index in [1.807, 2.05) is 11.9 Å². The summed E-state index contributed by atoms with van der Waals surface area (Å²) in [6.45, 7) is 2.10. The fraction of sp³-hybridized carbons (Fsp3) is 0.348. The molecular formula is C23H25N3O5. The maximum atomic E-state index is 13.0. The van der Waals surface area contributed by atoms with Gasteiger partial charge in [0.2, 0.25) is 0 Å². The molecule has 1 aromatic heterocycles. The molecule has 0 bridgehead atoms. The van der Waals surface area contributed by atoms with E-state index in [2.05, 4.69) is 4.98 Å². The third kappa shape index (κ3) is 3.86. The van der Waals surface area contributed by atoms with Crippen LogP contribution in [0.1, 0.15) is 23.6 Å². The van der Waals surface area contributed by atoms with Crippen molar-refractivity contribution in [3.05, 3.63) is 59.4 Å². The van der Waals surface area contributed by atoms with Gasteiger partial charge < -0.3 is 24.4 Å². The van der Waals surface area contributed by atoms with Gasteiger partial charge >= 0.3 is 0 Å². The molecule has 0 spiro atoms. The van der Waals surface area contributed by atoms with E-state index in [9.17, 15) is 14.7 Å². The molecule has 1 atom stereocenters. The van der Waals surface area contributed by atoms with Gasteiger partial charge in [0.15, 0.2) is 0 Å². The molecule has 162 valence electrons. The molecule has 0 aliphatic carbocycles. The number of Topliss-reactive ketones (excluding diaryl/α,β-unsaturated/α-hetero) is 1. The van der Waals surface area contributed by atoms with E-state index in [0.717, 1.165) is 18.0 Å². The van der Waals surface area contributed by atoms with Gasteiger partial charge in [-0.1, -0.05) is 0 Å². The summed E-state index contributed by atoms with van der Waals surface area (Å²) in [5.41, 5.74) is 2.08. The van der Waals surface area contributed by atoms with Gasteiger partial charge in [-0.05, 0) is 42.3 Å². The molecule has 1 fully saturated rings. The molecule has 8 nitrogen and oxygen atoms in total. The average molecular weight is 423 g/mol. The Labute approximate surface area is 180 Å². The Balaban J connectivity index is 1.80. The van der Waals surface area contributed by atoms with E-state index in [0.29, 0.717) is 37.3 Å². The molecule has 2 aromatic rings. The van der Waals surface area contributed by atoms with E-state index in [4.69, 9.17) is 9.47 Å². The lowest BCUT2D eigenvalue weighted by Crippen LogP contribution is -2.31. The lowest BCUT2D eigenvalue weighted by Gasteiger charge is -2.28. The number of amides is 1. The average Bonchev–Trinajstić information content (AvgIpc) is 3.04. The summed E-state index contributed by atoms with van der Waals surface area (Å²) in [5, 5.41) is 11.2. The molecule has 0 radical (unpaired) electrons. The second-order valence-corrected chi connectivity index (χ2v) is 7.57. The predicted molar refractivity (Wildman–Crippen MR) is 115 cm³/mol. The minimum atomic E-state index is -0.695. The normalized spacial score (nSPS) is 20.0. The zero-order chi connectivity index (χ0) is 22.0. The van der Waals surface area contributed by atoms with Crippen LogP contribution in [0.2, 0.25) is 0 Å². The zero-order valence-corrected chi connectivity index (χ0v) is 17.6. The number of ketones is 1. The van der Waals surface area contributed by atoms with Gasteiger partial charge in [0.25, 0.3) is 11.7 Å². The number of rotatable bonds is 6. The maximum absolute atomic E-state index is 13.0. The third-order valence-electron chi connectivity index (χ3n) is 5.64. The molecule has 1 saturated heterocycles. The largest absolute Gasteiger partial charge is 0.507 e. The number of carbonyl (C=O) groups is 2. The van der Waals surface area contributed by atoms with Crippen molar-refractivity contribution in [3.8, 4) is 5.75 Å². The number of likely N-dealkylation sites (tertiary alicyclic amines) is 1. The number of aliphatic hydroxyl groups is 1. The number of carbonyl (C=O) groups excluding carboxylic acids is 2. The van der Waals surface area contributed by atoms with Gasteiger partial charge in [-0.3, -0.25) is 14.6 Å². The van der Waals surface area contributed by atoms with Crippen molar-refractivity contribution >= 4 is 23.1 Å². The highest BCUT2D eigenvalue weighted by atomic mass is 16.5.